The van der Waals surface area contributed by atoms with Gasteiger partial charge in [0.2, 0.25) is 5.91 Å². The second-order valence-electron chi connectivity index (χ2n) is 5.24. The molecule has 2 aromatic carbocycles. The molecule has 0 saturated carbocycles. The zero-order valence-corrected chi connectivity index (χ0v) is 13.9. The molecule has 0 fully saturated rings. The number of thiazole rings is 1. The van der Waals surface area contributed by atoms with E-state index in [4.69, 9.17) is 11.6 Å². The molecule has 0 saturated heterocycles. The lowest BCUT2D eigenvalue weighted by Crippen LogP contribution is -2.14. The lowest BCUT2D eigenvalue weighted by molar-refractivity contribution is -0.115. The number of carbonyl (C=O) groups is 1. The maximum atomic E-state index is 12.1. The first-order valence-electron chi connectivity index (χ1n) is 6.94. The zero-order valence-electron chi connectivity index (χ0n) is 12.3. The summed E-state index contributed by atoms with van der Waals surface area (Å²) in [5.74, 6) is -0.111. The van der Waals surface area contributed by atoms with Gasteiger partial charge in [0.25, 0.3) is 0 Å². The number of nitrogens with zero attached hydrogens (tertiary/aromatic N) is 1. The number of fused-ring (bicyclic) bond motifs is 1. The third-order valence-electron chi connectivity index (χ3n) is 3.56. The molecule has 22 heavy (non-hydrogen) atoms. The summed E-state index contributed by atoms with van der Waals surface area (Å²) in [5.41, 5.74) is 4.16. The van der Waals surface area contributed by atoms with E-state index in [1.807, 2.05) is 24.3 Å². The first-order chi connectivity index (χ1) is 10.5. The Hall–Kier alpha value is -1.91. The fourth-order valence-corrected chi connectivity index (χ4v) is 3.38. The van der Waals surface area contributed by atoms with Gasteiger partial charge in [-0.3, -0.25) is 4.79 Å². The van der Waals surface area contributed by atoms with Crippen LogP contribution in [0.3, 0.4) is 0 Å². The minimum Gasteiger partial charge on any atom is -0.302 e. The van der Waals surface area contributed by atoms with E-state index in [9.17, 15) is 4.79 Å². The molecule has 0 atom stereocenters. The second-order valence-corrected chi connectivity index (χ2v) is 6.68. The van der Waals surface area contributed by atoms with Gasteiger partial charge >= 0.3 is 0 Å². The standard InChI is InChI=1S/C17H15ClN2OS/c1-10-7-14-15(8-11(10)2)22-17(19-14)20-16(21)9-12-5-3-4-6-13(12)18/h3-8H,9H2,1-2H3,(H,19,20,21). The molecule has 0 aliphatic heterocycles. The monoisotopic (exact) mass is 330 g/mol. The van der Waals surface area contributed by atoms with Crippen LogP contribution in [0.2, 0.25) is 5.02 Å². The van der Waals surface area contributed by atoms with Gasteiger partial charge in [0.15, 0.2) is 5.13 Å². The van der Waals surface area contributed by atoms with Crippen molar-refractivity contribution >= 4 is 44.2 Å². The van der Waals surface area contributed by atoms with Gasteiger partial charge in [-0.1, -0.05) is 41.1 Å². The van der Waals surface area contributed by atoms with Crippen molar-refractivity contribution in [1.82, 2.24) is 4.98 Å². The van der Waals surface area contributed by atoms with Crippen LogP contribution in [-0.4, -0.2) is 10.9 Å². The Morgan fingerprint density at radius 3 is 2.73 bits per heavy atom. The normalized spacial score (nSPS) is 10.9. The third-order valence-corrected chi connectivity index (χ3v) is 4.86. The molecule has 0 unspecified atom stereocenters. The molecule has 1 amide bonds. The number of hydrogen-bond acceptors (Lipinski definition) is 3. The summed E-state index contributed by atoms with van der Waals surface area (Å²) in [6.07, 6.45) is 0.244. The van der Waals surface area contributed by atoms with Crippen molar-refractivity contribution in [3.05, 3.63) is 58.1 Å². The fourth-order valence-electron chi connectivity index (χ4n) is 2.21. The quantitative estimate of drug-likeness (QED) is 0.753. The maximum absolute atomic E-state index is 12.1. The van der Waals surface area contributed by atoms with Gasteiger partial charge in [0.1, 0.15) is 0 Å². The zero-order chi connectivity index (χ0) is 15.7. The molecule has 3 aromatic rings. The van der Waals surface area contributed by atoms with Crippen molar-refractivity contribution in [2.45, 2.75) is 20.3 Å². The van der Waals surface area contributed by atoms with Crippen molar-refractivity contribution in [1.29, 1.82) is 0 Å². The van der Waals surface area contributed by atoms with Gasteiger partial charge in [-0.15, -0.1) is 0 Å². The molecule has 0 bridgehead atoms. The van der Waals surface area contributed by atoms with Crippen LogP contribution in [0, 0.1) is 13.8 Å². The van der Waals surface area contributed by atoms with Crippen molar-refractivity contribution < 1.29 is 4.79 Å². The highest BCUT2D eigenvalue weighted by atomic mass is 35.5. The van der Waals surface area contributed by atoms with Crippen LogP contribution in [-0.2, 0) is 11.2 Å². The minimum atomic E-state index is -0.111. The van der Waals surface area contributed by atoms with Crippen LogP contribution < -0.4 is 5.32 Å². The Balaban J connectivity index is 1.78. The Kier molecular flexibility index (Phi) is 4.14. The third kappa shape index (κ3) is 3.13. The van der Waals surface area contributed by atoms with Crippen molar-refractivity contribution in [2.24, 2.45) is 0 Å². The van der Waals surface area contributed by atoms with Gasteiger partial charge in [-0.2, -0.15) is 0 Å². The lowest BCUT2D eigenvalue weighted by atomic mass is 10.1. The minimum absolute atomic E-state index is 0.111. The van der Waals surface area contributed by atoms with Crippen LogP contribution in [0.15, 0.2) is 36.4 Å². The fraction of sp³-hybridized carbons (Fsp3) is 0.176. The Morgan fingerprint density at radius 2 is 1.95 bits per heavy atom. The average molecular weight is 331 g/mol. The summed E-state index contributed by atoms with van der Waals surface area (Å²) in [6, 6.07) is 11.5. The Labute approximate surface area is 138 Å². The van der Waals surface area contributed by atoms with Crippen LogP contribution in [0.25, 0.3) is 10.2 Å². The van der Waals surface area contributed by atoms with Gasteiger partial charge in [0.05, 0.1) is 16.6 Å². The number of amides is 1. The predicted molar refractivity (Wildman–Crippen MR) is 92.9 cm³/mol. The molecule has 112 valence electrons. The van der Waals surface area contributed by atoms with E-state index in [2.05, 4.69) is 30.2 Å². The number of aromatic nitrogens is 1. The molecule has 0 radical (unpaired) electrons. The van der Waals surface area contributed by atoms with Gasteiger partial charge < -0.3 is 5.32 Å². The van der Waals surface area contributed by atoms with E-state index in [0.29, 0.717) is 10.2 Å². The summed E-state index contributed by atoms with van der Waals surface area (Å²) in [5, 5.41) is 4.08. The highest BCUT2D eigenvalue weighted by Gasteiger charge is 2.11. The number of carbonyl (C=O) groups excluding carboxylic acids is 1. The summed E-state index contributed by atoms with van der Waals surface area (Å²) in [7, 11) is 0. The summed E-state index contributed by atoms with van der Waals surface area (Å²) in [6.45, 7) is 4.13. The summed E-state index contributed by atoms with van der Waals surface area (Å²) < 4.78 is 1.08. The number of benzene rings is 2. The van der Waals surface area contributed by atoms with Crippen molar-refractivity contribution in [2.75, 3.05) is 5.32 Å². The smallest absolute Gasteiger partial charge is 0.230 e. The molecular formula is C17H15ClN2OS. The SMILES string of the molecule is Cc1cc2nc(NC(=O)Cc3ccccc3Cl)sc2cc1C. The number of hydrogen-bond donors (Lipinski definition) is 1. The van der Waals surface area contributed by atoms with E-state index in [1.165, 1.54) is 22.5 Å². The molecule has 0 aliphatic rings. The van der Waals surface area contributed by atoms with Gasteiger partial charge in [0, 0.05) is 5.02 Å². The number of nitrogens with one attached hydrogen (secondary N) is 1. The van der Waals surface area contributed by atoms with Gasteiger partial charge in [-0.25, -0.2) is 4.98 Å². The van der Waals surface area contributed by atoms with Crippen molar-refractivity contribution in [3.63, 3.8) is 0 Å². The van der Waals surface area contributed by atoms with Crippen LogP contribution in [0.5, 0.6) is 0 Å². The van der Waals surface area contributed by atoms with Crippen LogP contribution in [0.4, 0.5) is 5.13 Å². The highest BCUT2D eigenvalue weighted by molar-refractivity contribution is 7.22. The molecule has 0 aliphatic carbocycles. The molecule has 1 N–H and O–H groups in total. The Bertz CT molecular complexity index is 818. The topological polar surface area (TPSA) is 42.0 Å². The molecule has 1 aromatic heterocycles. The van der Waals surface area contributed by atoms with E-state index in [0.717, 1.165) is 15.8 Å². The molecule has 5 heteroatoms. The highest BCUT2D eigenvalue weighted by Crippen LogP contribution is 2.28. The summed E-state index contributed by atoms with van der Waals surface area (Å²) in [4.78, 5) is 16.6. The lowest BCUT2D eigenvalue weighted by Gasteiger charge is -2.03. The predicted octanol–water partition coefficient (Wildman–Crippen LogP) is 4.75. The number of rotatable bonds is 3. The number of halogens is 1. The molecule has 3 nitrogen and oxygen atoms in total. The van der Waals surface area contributed by atoms with E-state index in [1.54, 1.807) is 6.07 Å². The van der Waals surface area contributed by atoms with E-state index < -0.39 is 0 Å². The molecule has 3 rings (SSSR count). The molecule has 0 spiro atoms. The molecular weight excluding hydrogens is 316 g/mol. The number of aryl methyl sites for hydroxylation is 2. The van der Waals surface area contributed by atoms with Crippen molar-refractivity contribution in [3.8, 4) is 0 Å². The molecule has 1 heterocycles. The largest absolute Gasteiger partial charge is 0.302 e. The van der Waals surface area contributed by atoms with E-state index in [-0.39, 0.29) is 12.3 Å². The first-order valence-corrected chi connectivity index (χ1v) is 8.13. The van der Waals surface area contributed by atoms with E-state index >= 15 is 0 Å². The van der Waals surface area contributed by atoms with Gasteiger partial charge in [-0.05, 0) is 48.7 Å². The Morgan fingerprint density at radius 1 is 1.23 bits per heavy atom. The number of anilines is 1. The van der Waals surface area contributed by atoms with Crippen LogP contribution in [0.1, 0.15) is 16.7 Å². The first kappa shape index (κ1) is 15.0. The average Bonchev–Trinajstić information content (AvgIpc) is 2.83. The van der Waals surface area contributed by atoms with Crippen LogP contribution >= 0.6 is 22.9 Å². The maximum Gasteiger partial charge on any atom is 0.230 e. The summed E-state index contributed by atoms with van der Waals surface area (Å²) >= 11 is 7.56. The second kappa shape index (κ2) is 6.07.